The number of hydrogen-bond acceptors (Lipinski definition) is 9. The molecule has 0 saturated carbocycles. The van der Waals surface area contributed by atoms with Crippen molar-refractivity contribution in [2.75, 3.05) is 25.6 Å². The summed E-state index contributed by atoms with van der Waals surface area (Å²) in [5, 5.41) is 13.7. The molecule has 15 heteroatoms. The Morgan fingerprint density at radius 2 is 1.39 bits per heavy atom. The number of esters is 1. The van der Waals surface area contributed by atoms with Gasteiger partial charge in [-0.15, -0.1) is 0 Å². The van der Waals surface area contributed by atoms with Crippen LogP contribution in [0, 0.1) is 11.8 Å². The van der Waals surface area contributed by atoms with Crippen molar-refractivity contribution >= 4 is 41.7 Å². The van der Waals surface area contributed by atoms with Gasteiger partial charge in [0.2, 0.25) is 11.8 Å². The fraction of sp³-hybridized carbons (Fsp3) is 0.455. The first-order valence-electron chi connectivity index (χ1n) is 19.9. The molecule has 0 spiro atoms. The van der Waals surface area contributed by atoms with E-state index in [1.807, 2.05) is 48.5 Å². The van der Waals surface area contributed by atoms with Gasteiger partial charge in [0.15, 0.2) is 0 Å². The summed E-state index contributed by atoms with van der Waals surface area (Å²) in [6.45, 7) is 10.8. The number of fused-ring (bicyclic) bond motifs is 3. The van der Waals surface area contributed by atoms with Crippen LogP contribution in [0.4, 0.5) is 20.1 Å². The van der Waals surface area contributed by atoms with Crippen molar-refractivity contribution in [2.24, 2.45) is 17.6 Å². The van der Waals surface area contributed by atoms with Crippen molar-refractivity contribution in [1.82, 2.24) is 21.3 Å². The maximum absolute atomic E-state index is 13.7. The molecule has 0 bridgehead atoms. The average Bonchev–Trinajstić information content (AvgIpc) is 3.49. The topological polar surface area (TPSA) is 216 Å². The third-order valence-corrected chi connectivity index (χ3v) is 9.83. The normalized spacial score (nSPS) is 14.0. The highest BCUT2D eigenvalue weighted by molar-refractivity contribution is 5.98. The molecule has 4 atom stereocenters. The molecule has 318 valence electrons. The van der Waals surface area contributed by atoms with Crippen molar-refractivity contribution in [3.05, 3.63) is 89.5 Å². The number of alkyl carbamates (subject to hydrolysis) is 2. The first-order valence-corrected chi connectivity index (χ1v) is 19.9. The SMILES string of the molecule is COC(=O)[C@@H](C)C[C@H](Cc1ccc(NC(=O)[C@H](CCCNC(N)=O)NC(=O)[C@@H](NC(=O)OCC2c3ccccc3-c3ccccc32)C(C)C)cc1)NC(=O)OC(C)(C)C. The van der Waals surface area contributed by atoms with Crippen LogP contribution in [0.5, 0.6) is 0 Å². The van der Waals surface area contributed by atoms with Crippen LogP contribution in [0.15, 0.2) is 72.8 Å². The van der Waals surface area contributed by atoms with Gasteiger partial charge in [0.05, 0.1) is 13.0 Å². The Morgan fingerprint density at radius 3 is 1.95 bits per heavy atom. The van der Waals surface area contributed by atoms with Gasteiger partial charge in [0, 0.05) is 24.2 Å². The molecule has 3 aromatic carbocycles. The van der Waals surface area contributed by atoms with E-state index in [0.29, 0.717) is 24.9 Å². The van der Waals surface area contributed by atoms with Crippen LogP contribution in [0.1, 0.15) is 83.4 Å². The number of primary amides is 1. The van der Waals surface area contributed by atoms with Gasteiger partial charge >= 0.3 is 24.2 Å². The van der Waals surface area contributed by atoms with E-state index in [0.717, 1.165) is 27.8 Å². The number of nitrogens with two attached hydrogens (primary N) is 1. The van der Waals surface area contributed by atoms with Crippen molar-refractivity contribution in [1.29, 1.82) is 0 Å². The number of carbonyl (C=O) groups excluding carboxylic acids is 6. The molecule has 3 aromatic rings. The summed E-state index contributed by atoms with van der Waals surface area (Å²) in [7, 11) is 1.31. The summed E-state index contributed by atoms with van der Waals surface area (Å²) in [4.78, 5) is 76.7. The molecule has 15 nitrogen and oxygen atoms in total. The van der Waals surface area contributed by atoms with Crippen molar-refractivity contribution < 1.29 is 43.0 Å². The first kappa shape index (κ1) is 45.6. The van der Waals surface area contributed by atoms with E-state index in [2.05, 4.69) is 26.6 Å². The van der Waals surface area contributed by atoms with Crippen LogP contribution in [0.2, 0.25) is 0 Å². The minimum Gasteiger partial charge on any atom is -0.469 e. The number of anilines is 1. The molecule has 0 heterocycles. The maximum atomic E-state index is 13.7. The third kappa shape index (κ3) is 13.8. The van der Waals surface area contributed by atoms with Crippen LogP contribution in [0.3, 0.4) is 0 Å². The number of methoxy groups -OCH3 is 1. The summed E-state index contributed by atoms with van der Waals surface area (Å²) in [6.07, 6.45) is -0.284. The fourth-order valence-corrected chi connectivity index (χ4v) is 6.98. The lowest BCUT2D eigenvalue weighted by Gasteiger charge is -2.26. The minimum atomic E-state index is -1.05. The molecule has 59 heavy (non-hydrogen) atoms. The number of hydrogen-bond donors (Lipinski definition) is 6. The monoisotopic (exact) mass is 814 g/mol. The van der Waals surface area contributed by atoms with Crippen molar-refractivity contribution in [3.8, 4) is 11.1 Å². The van der Waals surface area contributed by atoms with Gasteiger partial charge in [-0.2, -0.15) is 0 Å². The van der Waals surface area contributed by atoms with Crippen LogP contribution in [0.25, 0.3) is 11.1 Å². The molecular formula is C44H58N6O9. The zero-order valence-corrected chi connectivity index (χ0v) is 34.9. The van der Waals surface area contributed by atoms with E-state index in [4.69, 9.17) is 19.9 Å². The molecule has 0 fully saturated rings. The zero-order chi connectivity index (χ0) is 43.3. The van der Waals surface area contributed by atoms with E-state index in [9.17, 15) is 28.8 Å². The molecule has 0 aliphatic heterocycles. The third-order valence-electron chi connectivity index (χ3n) is 9.83. The van der Waals surface area contributed by atoms with E-state index < -0.39 is 65.6 Å². The van der Waals surface area contributed by atoms with Crippen LogP contribution >= 0.6 is 0 Å². The van der Waals surface area contributed by atoms with E-state index in [1.165, 1.54) is 7.11 Å². The number of ether oxygens (including phenoxy) is 3. The second kappa shape index (κ2) is 21.0. The molecule has 0 unspecified atom stereocenters. The highest BCUT2D eigenvalue weighted by Gasteiger charge is 2.32. The number of amides is 6. The smallest absolute Gasteiger partial charge is 0.407 e. The van der Waals surface area contributed by atoms with E-state index >= 15 is 0 Å². The first-order chi connectivity index (χ1) is 27.9. The molecule has 1 aliphatic carbocycles. The maximum Gasteiger partial charge on any atom is 0.407 e. The van der Waals surface area contributed by atoms with Gasteiger partial charge in [-0.1, -0.05) is 81.4 Å². The number of nitrogens with one attached hydrogen (secondary N) is 5. The van der Waals surface area contributed by atoms with Gasteiger partial charge < -0.3 is 46.5 Å². The highest BCUT2D eigenvalue weighted by atomic mass is 16.6. The quantitative estimate of drug-likeness (QED) is 0.0523. The zero-order valence-electron chi connectivity index (χ0n) is 34.9. The molecule has 7 N–H and O–H groups in total. The summed E-state index contributed by atoms with van der Waals surface area (Å²) in [5.74, 6) is -2.54. The predicted octanol–water partition coefficient (Wildman–Crippen LogP) is 5.76. The molecule has 0 radical (unpaired) electrons. The molecule has 0 aromatic heterocycles. The molecule has 6 amide bonds. The summed E-state index contributed by atoms with van der Waals surface area (Å²) in [6, 6.07) is 19.6. The average molecular weight is 815 g/mol. The summed E-state index contributed by atoms with van der Waals surface area (Å²) in [5.41, 5.74) is 10.0. The number of benzene rings is 3. The Morgan fingerprint density at radius 1 is 0.780 bits per heavy atom. The predicted molar refractivity (Wildman–Crippen MR) is 223 cm³/mol. The van der Waals surface area contributed by atoms with Gasteiger partial charge in [0.25, 0.3) is 0 Å². The van der Waals surface area contributed by atoms with E-state index in [1.54, 1.807) is 65.8 Å². The lowest BCUT2D eigenvalue weighted by atomic mass is 9.96. The highest BCUT2D eigenvalue weighted by Crippen LogP contribution is 2.44. The summed E-state index contributed by atoms with van der Waals surface area (Å²) >= 11 is 0. The van der Waals surface area contributed by atoms with E-state index in [-0.39, 0.29) is 31.4 Å². The Hall–Kier alpha value is -6.12. The number of carbonyl (C=O) groups is 6. The lowest BCUT2D eigenvalue weighted by molar-refractivity contribution is -0.145. The van der Waals surface area contributed by atoms with Gasteiger partial charge in [0.1, 0.15) is 24.3 Å². The molecule has 0 saturated heterocycles. The van der Waals surface area contributed by atoms with Gasteiger partial charge in [-0.3, -0.25) is 14.4 Å². The summed E-state index contributed by atoms with van der Waals surface area (Å²) < 4.78 is 16.0. The Labute approximate surface area is 345 Å². The largest absolute Gasteiger partial charge is 0.469 e. The van der Waals surface area contributed by atoms with Crippen molar-refractivity contribution in [2.45, 2.75) is 96.9 Å². The number of urea groups is 1. The second-order valence-corrected chi connectivity index (χ2v) is 16.1. The molecule has 1 aliphatic rings. The standard InChI is InChI=1S/C44H58N6O9/c1-26(2)37(50-42(55)58-25-35-33-15-10-8-13-31(33)32-14-9-11-16-34(32)35)39(52)49-36(17-12-22-46-41(45)54)38(51)47-29-20-18-28(19-21-29)24-30(23-27(3)40(53)57-7)48-43(56)59-44(4,5)6/h8-11,13-16,18-21,26-27,30,35-37H,12,17,22-25H2,1-7H3,(H,47,51)(H,48,56)(H,49,52)(H,50,55)(H3,45,46,54)/t27-,30+,36-,37-/m0/s1. The fourth-order valence-electron chi connectivity index (χ4n) is 6.98. The lowest BCUT2D eigenvalue weighted by Crippen LogP contribution is -2.54. The number of rotatable bonds is 18. The molecular weight excluding hydrogens is 757 g/mol. The van der Waals surface area contributed by atoms with Crippen LogP contribution in [-0.4, -0.2) is 80.0 Å². The van der Waals surface area contributed by atoms with Gasteiger partial charge in [-0.05, 0) is 92.3 Å². The Balaban J connectivity index is 1.41. The Kier molecular flexibility index (Phi) is 16.3. The molecule has 4 rings (SSSR count). The minimum absolute atomic E-state index is 0.0660. The van der Waals surface area contributed by atoms with Crippen LogP contribution in [-0.2, 0) is 35.0 Å². The van der Waals surface area contributed by atoms with Gasteiger partial charge in [-0.25, -0.2) is 14.4 Å². The second-order valence-electron chi connectivity index (χ2n) is 16.1. The van der Waals surface area contributed by atoms with Crippen molar-refractivity contribution in [3.63, 3.8) is 0 Å². The van der Waals surface area contributed by atoms with Crippen LogP contribution < -0.4 is 32.3 Å². The Bertz CT molecular complexity index is 1900.